The molecule has 0 radical (unpaired) electrons. The monoisotopic (exact) mass is 286 g/mol. The van der Waals surface area contributed by atoms with Gasteiger partial charge in [-0.1, -0.05) is 20.8 Å². The van der Waals surface area contributed by atoms with Gasteiger partial charge in [-0.15, -0.1) is 0 Å². The summed E-state index contributed by atoms with van der Waals surface area (Å²) in [6, 6.07) is 6.24. The molecule has 1 spiro atoms. The zero-order chi connectivity index (χ0) is 14.8. The maximum Gasteiger partial charge on any atom is 0.143 e. The fraction of sp³-hybridized carbons (Fsp3) is 0.588. The molecule has 4 rings (SSSR count). The molecule has 4 nitrogen and oxygen atoms in total. The molecule has 0 aliphatic carbocycles. The van der Waals surface area contributed by atoms with Gasteiger partial charge in [0.2, 0.25) is 0 Å². The second kappa shape index (κ2) is 4.01. The van der Waals surface area contributed by atoms with E-state index in [-0.39, 0.29) is 23.2 Å². The van der Waals surface area contributed by atoms with Crippen molar-refractivity contribution in [2.75, 3.05) is 19.0 Å². The molecule has 1 saturated heterocycles. The normalized spacial score (nSPS) is 33.0. The van der Waals surface area contributed by atoms with Crippen LogP contribution in [0.15, 0.2) is 23.2 Å². The third-order valence-corrected chi connectivity index (χ3v) is 4.99. The summed E-state index contributed by atoms with van der Waals surface area (Å²) >= 11 is 0. The highest BCUT2D eigenvalue weighted by molar-refractivity contribution is 6.05. The average molecular weight is 286 g/mol. The molecule has 21 heavy (non-hydrogen) atoms. The van der Waals surface area contributed by atoms with Crippen LogP contribution in [0.1, 0.15) is 32.8 Å². The van der Waals surface area contributed by atoms with Crippen molar-refractivity contribution in [1.29, 1.82) is 0 Å². The van der Waals surface area contributed by atoms with E-state index in [4.69, 9.17) is 14.5 Å². The van der Waals surface area contributed by atoms with E-state index in [1.54, 1.807) is 7.11 Å². The van der Waals surface area contributed by atoms with Crippen LogP contribution in [0.25, 0.3) is 0 Å². The molecule has 3 atom stereocenters. The van der Waals surface area contributed by atoms with E-state index in [0.717, 1.165) is 24.4 Å². The van der Waals surface area contributed by atoms with E-state index in [1.165, 1.54) is 11.3 Å². The Bertz CT molecular complexity index is 632. The topological polar surface area (TPSA) is 42.9 Å². The minimum Gasteiger partial charge on any atom is -0.497 e. The van der Waals surface area contributed by atoms with Gasteiger partial charge >= 0.3 is 0 Å². The van der Waals surface area contributed by atoms with Gasteiger partial charge in [0.05, 0.1) is 18.2 Å². The molecular formula is C17H22N2O2. The van der Waals surface area contributed by atoms with Crippen LogP contribution < -0.4 is 10.1 Å². The maximum atomic E-state index is 6.38. The first kappa shape index (κ1) is 13.1. The lowest BCUT2D eigenvalue weighted by Crippen LogP contribution is -2.40. The number of ether oxygens (including phenoxy) is 2. The van der Waals surface area contributed by atoms with Crippen molar-refractivity contribution in [2.24, 2.45) is 10.4 Å². The highest BCUT2D eigenvalue weighted by Crippen LogP contribution is 2.55. The number of nitrogens with zero attached hydrogens (tertiary/aromatic N) is 1. The smallest absolute Gasteiger partial charge is 0.143 e. The van der Waals surface area contributed by atoms with Crippen LogP contribution in [0.2, 0.25) is 0 Å². The zero-order valence-corrected chi connectivity index (χ0v) is 13.1. The molecule has 4 heteroatoms. The van der Waals surface area contributed by atoms with Gasteiger partial charge in [-0.25, -0.2) is 0 Å². The molecule has 1 aromatic rings. The second-order valence-electron chi connectivity index (χ2n) is 7.31. The van der Waals surface area contributed by atoms with E-state index >= 15 is 0 Å². The maximum absolute atomic E-state index is 6.38. The standard InChI is InChI=1S/C17H22N2O2/c1-16(2,3)14-13-17(7-8-18-13)11-9-10(20-4)5-6-12(11)19-15(17)21-14/h5-6,9,14-15,19H,7-8H2,1-4H3/t14-,15-,17+/m0/s1. The van der Waals surface area contributed by atoms with Crippen molar-refractivity contribution in [3.63, 3.8) is 0 Å². The van der Waals surface area contributed by atoms with Crippen molar-refractivity contribution >= 4 is 11.4 Å². The number of nitrogens with one attached hydrogen (secondary N) is 1. The summed E-state index contributed by atoms with van der Waals surface area (Å²) in [5.74, 6) is 0.899. The minimum absolute atomic E-state index is 0.00470. The van der Waals surface area contributed by atoms with Gasteiger partial charge in [-0.3, -0.25) is 4.99 Å². The summed E-state index contributed by atoms with van der Waals surface area (Å²) in [5, 5.41) is 3.55. The lowest BCUT2D eigenvalue weighted by molar-refractivity contribution is 0.00167. The number of benzene rings is 1. The average Bonchev–Trinajstić information content (AvgIpc) is 3.05. The quantitative estimate of drug-likeness (QED) is 0.863. The van der Waals surface area contributed by atoms with Crippen molar-refractivity contribution in [3.05, 3.63) is 23.8 Å². The molecule has 1 N–H and O–H groups in total. The second-order valence-corrected chi connectivity index (χ2v) is 7.31. The zero-order valence-electron chi connectivity index (χ0n) is 13.1. The fourth-order valence-electron chi connectivity index (χ4n) is 3.99. The van der Waals surface area contributed by atoms with E-state index < -0.39 is 0 Å². The Morgan fingerprint density at radius 2 is 2.19 bits per heavy atom. The van der Waals surface area contributed by atoms with E-state index in [9.17, 15) is 0 Å². The first-order valence-electron chi connectivity index (χ1n) is 7.62. The Labute approximate surface area is 125 Å². The molecule has 3 aliphatic rings. The summed E-state index contributed by atoms with van der Waals surface area (Å²) in [6.45, 7) is 7.55. The number of hydrogen-bond acceptors (Lipinski definition) is 4. The van der Waals surface area contributed by atoms with Crippen LogP contribution in [0, 0.1) is 5.41 Å². The Hall–Kier alpha value is -1.55. The van der Waals surface area contributed by atoms with Gasteiger partial charge in [-0.2, -0.15) is 0 Å². The SMILES string of the molecule is COc1ccc2c(c1)[C@]13CCN=C1[C@@H](C(C)(C)C)O[C@@H]3N2. The van der Waals surface area contributed by atoms with E-state index in [1.807, 2.05) is 6.07 Å². The molecule has 0 amide bonds. The number of anilines is 1. The Morgan fingerprint density at radius 3 is 2.90 bits per heavy atom. The van der Waals surface area contributed by atoms with Gasteiger partial charge in [0.25, 0.3) is 0 Å². The predicted octanol–water partition coefficient (Wildman–Crippen LogP) is 2.97. The lowest BCUT2D eigenvalue weighted by Gasteiger charge is -2.28. The highest BCUT2D eigenvalue weighted by atomic mass is 16.5. The number of hydrogen-bond donors (Lipinski definition) is 1. The Kier molecular flexibility index (Phi) is 2.51. The van der Waals surface area contributed by atoms with Crippen molar-refractivity contribution in [1.82, 2.24) is 0 Å². The third-order valence-electron chi connectivity index (χ3n) is 4.99. The molecule has 3 aliphatic heterocycles. The summed E-state index contributed by atoms with van der Waals surface area (Å²) in [5.41, 5.74) is 3.63. The van der Waals surface area contributed by atoms with Gasteiger partial charge < -0.3 is 14.8 Å². The predicted molar refractivity (Wildman–Crippen MR) is 83.3 cm³/mol. The summed E-state index contributed by atoms with van der Waals surface area (Å²) in [4.78, 5) is 4.84. The molecule has 1 fully saturated rings. The molecular weight excluding hydrogens is 264 g/mol. The molecule has 3 heterocycles. The molecule has 1 aromatic carbocycles. The van der Waals surface area contributed by atoms with E-state index in [2.05, 4.69) is 38.2 Å². The molecule has 0 saturated carbocycles. The van der Waals surface area contributed by atoms with Gasteiger partial charge in [0.1, 0.15) is 18.1 Å². The van der Waals surface area contributed by atoms with Crippen LogP contribution in [-0.2, 0) is 10.2 Å². The molecule has 112 valence electrons. The van der Waals surface area contributed by atoms with Gasteiger partial charge in [0, 0.05) is 12.2 Å². The molecule has 0 unspecified atom stereocenters. The van der Waals surface area contributed by atoms with Crippen molar-refractivity contribution in [3.8, 4) is 5.75 Å². The van der Waals surface area contributed by atoms with Gasteiger partial charge in [-0.05, 0) is 35.6 Å². The lowest BCUT2D eigenvalue weighted by atomic mass is 9.72. The molecule has 0 aromatic heterocycles. The van der Waals surface area contributed by atoms with Gasteiger partial charge in [0.15, 0.2) is 0 Å². The van der Waals surface area contributed by atoms with Crippen LogP contribution in [0.3, 0.4) is 0 Å². The van der Waals surface area contributed by atoms with Crippen LogP contribution in [-0.4, -0.2) is 31.7 Å². The number of rotatable bonds is 1. The van der Waals surface area contributed by atoms with Crippen molar-refractivity contribution < 1.29 is 9.47 Å². The van der Waals surface area contributed by atoms with Crippen LogP contribution in [0.4, 0.5) is 5.69 Å². The summed E-state index contributed by atoms with van der Waals surface area (Å²) in [7, 11) is 1.71. The minimum atomic E-state index is -0.0954. The first-order valence-corrected chi connectivity index (χ1v) is 7.62. The summed E-state index contributed by atoms with van der Waals surface area (Å²) in [6.07, 6.45) is 1.11. The Morgan fingerprint density at radius 1 is 1.38 bits per heavy atom. The molecule has 0 bridgehead atoms. The van der Waals surface area contributed by atoms with Crippen LogP contribution in [0.5, 0.6) is 5.75 Å². The number of methoxy groups -OCH3 is 1. The number of fused-ring (bicyclic) bond motifs is 1. The largest absolute Gasteiger partial charge is 0.497 e. The van der Waals surface area contributed by atoms with E-state index in [0.29, 0.717) is 0 Å². The fourth-order valence-corrected chi connectivity index (χ4v) is 3.99. The Balaban J connectivity index is 1.86. The number of aliphatic imine (C=N–C) groups is 1. The van der Waals surface area contributed by atoms with Crippen LogP contribution >= 0.6 is 0 Å². The highest BCUT2D eigenvalue weighted by Gasteiger charge is 2.62. The third kappa shape index (κ3) is 1.57. The van der Waals surface area contributed by atoms with Crippen molar-refractivity contribution in [2.45, 2.75) is 44.9 Å². The first-order chi connectivity index (χ1) is 9.96. The summed E-state index contributed by atoms with van der Waals surface area (Å²) < 4.78 is 11.8.